The molecule has 0 bridgehead atoms. The first-order valence-corrected chi connectivity index (χ1v) is 7.69. The molecule has 0 saturated carbocycles. The highest BCUT2D eigenvalue weighted by Crippen LogP contribution is 2.19. The fourth-order valence-electron chi connectivity index (χ4n) is 2.11. The second-order valence-corrected chi connectivity index (χ2v) is 6.21. The number of rotatable bonds is 5. The van der Waals surface area contributed by atoms with Crippen LogP contribution in [-0.4, -0.2) is 21.5 Å². The van der Waals surface area contributed by atoms with E-state index in [2.05, 4.69) is 20.7 Å². The van der Waals surface area contributed by atoms with Crippen LogP contribution >= 0.6 is 23.6 Å². The molecule has 4 nitrogen and oxygen atoms in total. The summed E-state index contributed by atoms with van der Waals surface area (Å²) in [5.41, 5.74) is 9.73. The first-order chi connectivity index (χ1) is 9.47. The highest BCUT2D eigenvalue weighted by atomic mass is 32.1. The largest absolute Gasteiger partial charge is 0.389 e. The first kappa shape index (κ1) is 14.9. The van der Waals surface area contributed by atoms with Gasteiger partial charge in [-0.15, -0.1) is 11.3 Å². The van der Waals surface area contributed by atoms with Gasteiger partial charge in [0, 0.05) is 24.0 Å². The van der Waals surface area contributed by atoms with E-state index >= 15 is 0 Å². The summed E-state index contributed by atoms with van der Waals surface area (Å²) < 4.78 is 0. The summed E-state index contributed by atoms with van der Waals surface area (Å²) in [6, 6.07) is 1.99. The normalized spacial score (nSPS) is 10.6. The Morgan fingerprint density at radius 3 is 2.70 bits per heavy atom. The molecule has 6 heteroatoms. The standard InChI is InChI=1S/C14H18N4S2/c1-8-6-9(2)17-14(12(8)13(15)19)16-5-4-11-7-20-10(3)18-11/h6-7H,4-5H2,1-3H3,(H2,15,19)(H,16,17). The molecule has 0 aliphatic heterocycles. The van der Waals surface area contributed by atoms with E-state index in [0.29, 0.717) is 4.99 Å². The van der Waals surface area contributed by atoms with Crippen LogP contribution in [0.1, 0.15) is 27.5 Å². The number of aryl methyl sites for hydroxylation is 3. The number of aromatic nitrogens is 2. The Morgan fingerprint density at radius 1 is 1.35 bits per heavy atom. The molecule has 0 amide bonds. The number of thiocarbonyl (C=S) groups is 1. The van der Waals surface area contributed by atoms with Gasteiger partial charge in [0.05, 0.1) is 16.3 Å². The number of nitrogens with one attached hydrogen (secondary N) is 1. The topological polar surface area (TPSA) is 63.8 Å². The lowest BCUT2D eigenvalue weighted by molar-refractivity contribution is 0.956. The van der Waals surface area contributed by atoms with Crippen LogP contribution in [0.4, 0.5) is 5.82 Å². The number of nitrogens with zero attached hydrogens (tertiary/aromatic N) is 2. The van der Waals surface area contributed by atoms with Crippen molar-refractivity contribution in [3.8, 4) is 0 Å². The van der Waals surface area contributed by atoms with Crippen molar-refractivity contribution >= 4 is 34.4 Å². The Morgan fingerprint density at radius 2 is 2.10 bits per heavy atom. The van der Waals surface area contributed by atoms with Gasteiger partial charge >= 0.3 is 0 Å². The summed E-state index contributed by atoms with van der Waals surface area (Å²) in [6.45, 7) is 6.73. The summed E-state index contributed by atoms with van der Waals surface area (Å²) >= 11 is 6.78. The van der Waals surface area contributed by atoms with Gasteiger partial charge in [0.15, 0.2) is 0 Å². The van der Waals surface area contributed by atoms with Crippen molar-refractivity contribution in [1.82, 2.24) is 9.97 Å². The third-order valence-corrected chi connectivity index (χ3v) is 3.96. The second-order valence-electron chi connectivity index (χ2n) is 4.70. The van der Waals surface area contributed by atoms with Crippen LogP contribution < -0.4 is 11.1 Å². The molecule has 3 N–H and O–H groups in total. The highest BCUT2D eigenvalue weighted by Gasteiger charge is 2.11. The van der Waals surface area contributed by atoms with Crippen molar-refractivity contribution in [2.75, 3.05) is 11.9 Å². The van der Waals surface area contributed by atoms with Crippen molar-refractivity contribution in [2.45, 2.75) is 27.2 Å². The summed E-state index contributed by atoms with van der Waals surface area (Å²) in [7, 11) is 0. The molecule has 0 fully saturated rings. The van der Waals surface area contributed by atoms with Gasteiger partial charge in [-0.25, -0.2) is 9.97 Å². The quantitative estimate of drug-likeness (QED) is 0.832. The molecule has 2 aromatic heterocycles. The van der Waals surface area contributed by atoms with Gasteiger partial charge in [-0.05, 0) is 32.4 Å². The lowest BCUT2D eigenvalue weighted by Crippen LogP contribution is -2.18. The minimum Gasteiger partial charge on any atom is -0.389 e. The molecular formula is C14H18N4S2. The maximum Gasteiger partial charge on any atom is 0.136 e. The van der Waals surface area contributed by atoms with Gasteiger partial charge in [-0.3, -0.25) is 0 Å². The Balaban J connectivity index is 2.10. The summed E-state index contributed by atoms with van der Waals surface area (Å²) in [4.78, 5) is 9.31. The average Bonchev–Trinajstić information content (AvgIpc) is 2.73. The van der Waals surface area contributed by atoms with Gasteiger partial charge in [0.25, 0.3) is 0 Å². The third-order valence-electron chi connectivity index (χ3n) is 2.93. The van der Waals surface area contributed by atoms with Crippen LogP contribution in [0.25, 0.3) is 0 Å². The molecule has 2 aromatic rings. The van der Waals surface area contributed by atoms with E-state index in [4.69, 9.17) is 18.0 Å². The van der Waals surface area contributed by atoms with Gasteiger partial charge in [-0.2, -0.15) is 0 Å². The molecule has 2 rings (SSSR count). The Kier molecular flexibility index (Phi) is 4.67. The molecule has 20 heavy (non-hydrogen) atoms. The van der Waals surface area contributed by atoms with E-state index in [9.17, 15) is 0 Å². The Hall–Kier alpha value is -1.53. The highest BCUT2D eigenvalue weighted by molar-refractivity contribution is 7.80. The number of pyridine rings is 1. The first-order valence-electron chi connectivity index (χ1n) is 6.40. The SMILES string of the molecule is Cc1cc(C)c(C(N)=S)c(NCCc2csc(C)n2)n1. The number of hydrogen-bond acceptors (Lipinski definition) is 5. The van der Waals surface area contributed by atoms with E-state index in [0.717, 1.165) is 46.3 Å². The van der Waals surface area contributed by atoms with Crippen LogP contribution in [0.5, 0.6) is 0 Å². The molecule has 0 aliphatic carbocycles. The third kappa shape index (κ3) is 3.52. The lowest BCUT2D eigenvalue weighted by atomic mass is 10.1. The number of anilines is 1. The van der Waals surface area contributed by atoms with E-state index in [1.807, 2.05) is 26.8 Å². The average molecular weight is 306 g/mol. The zero-order valence-electron chi connectivity index (χ0n) is 11.9. The Labute approximate surface area is 128 Å². The molecule has 0 radical (unpaired) electrons. The number of hydrogen-bond donors (Lipinski definition) is 2. The van der Waals surface area contributed by atoms with E-state index in [1.165, 1.54) is 0 Å². The molecule has 106 valence electrons. The smallest absolute Gasteiger partial charge is 0.136 e. The minimum absolute atomic E-state index is 0.377. The van der Waals surface area contributed by atoms with Crippen LogP contribution in [0.2, 0.25) is 0 Å². The van der Waals surface area contributed by atoms with Crippen molar-refractivity contribution in [2.24, 2.45) is 5.73 Å². The maximum atomic E-state index is 5.79. The van der Waals surface area contributed by atoms with Gasteiger partial charge in [0.2, 0.25) is 0 Å². The van der Waals surface area contributed by atoms with Crippen LogP contribution in [-0.2, 0) is 6.42 Å². The molecule has 0 atom stereocenters. The zero-order chi connectivity index (χ0) is 14.7. The van der Waals surface area contributed by atoms with E-state index in [-0.39, 0.29) is 0 Å². The van der Waals surface area contributed by atoms with Crippen LogP contribution in [0.3, 0.4) is 0 Å². The molecule has 0 aliphatic rings. The van der Waals surface area contributed by atoms with Crippen molar-refractivity contribution in [3.63, 3.8) is 0 Å². The fourth-order valence-corrected chi connectivity index (χ4v) is 3.01. The van der Waals surface area contributed by atoms with Gasteiger partial charge in [-0.1, -0.05) is 12.2 Å². The number of thiazole rings is 1. The van der Waals surface area contributed by atoms with E-state index < -0.39 is 0 Å². The van der Waals surface area contributed by atoms with E-state index in [1.54, 1.807) is 11.3 Å². The number of nitrogens with two attached hydrogens (primary N) is 1. The predicted octanol–water partition coefficient (Wildman–Crippen LogP) is 2.75. The summed E-state index contributed by atoms with van der Waals surface area (Å²) in [6.07, 6.45) is 0.857. The van der Waals surface area contributed by atoms with Crippen molar-refractivity contribution < 1.29 is 0 Å². The monoisotopic (exact) mass is 306 g/mol. The lowest BCUT2D eigenvalue weighted by Gasteiger charge is -2.13. The molecule has 0 saturated heterocycles. The van der Waals surface area contributed by atoms with Gasteiger partial charge < -0.3 is 11.1 Å². The summed E-state index contributed by atoms with van der Waals surface area (Å²) in [5, 5.41) is 6.49. The molecule has 0 unspecified atom stereocenters. The zero-order valence-corrected chi connectivity index (χ0v) is 13.5. The molecule has 2 heterocycles. The van der Waals surface area contributed by atoms with Crippen LogP contribution in [0.15, 0.2) is 11.4 Å². The summed E-state index contributed by atoms with van der Waals surface area (Å²) in [5.74, 6) is 0.766. The van der Waals surface area contributed by atoms with Crippen molar-refractivity contribution in [1.29, 1.82) is 0 Å². The molecule has 0 spiro atoms. The predicted molar refractivity (Wildman–Crippen MR) is 88.6 cm³/mol. The second kappa shape index (κ2) is 6.28. The maximum absolute atomic E-state index is 5.79. The molecular weight excluding hydrogens is 288 g/mol. The molecule has 0 aromatic carbocycles. The minimum atomic E-state index is 0.377. The van der Waals surface area contributed by atoms with Gasteiger partial charge in [0.1, 0.15) is 10.8 Å². The Bertz CT molecular complexity index is 634. The van der Waals surface area contributed by atoms with Crippen LogP contribution in [0, 0.1) is 20.8 Å². The fraction of sp³-hybridized carbons (Fsp3) is 0.357. The van der Waals surface area contributed by atoms with Crippen molar-refractivity contribution in [3.05, 3.63) is 39.0 Å².